The standard InChI is InChI=1S/C13H15F3O/c1-8-6-11(8)12(17)7-9-2-4-10(5-3-9)13(14,15)16/h2-5,8,11-12,17H,6-7H2,1H3. The molecule has 2 rings (SSSR count). The molecule has 94 valence electrons. The topological polar surface area (TPSA) is 20.2 Å². The van der Waals surface area contributed by atoms with Gasteiger partial charge in [-0.3, -0.25) is 0 Å². The van der Waals surface area contributed by atoms with Crippen LogP contribution in [0.25, 0.3) is 0 Å². The third-order valence-corrected chi connectivity index (χ3v) is 3.39. The summed E-state index contributed by atoms with van der Waals surface area (Å²) in [5.41, 5.74) is 0.111. The molecule has 17 heavy (non-hydrogen) atoms. The minimum absolute atomic E-state index is 0.317. The summed E-state index contributed by atoms with van der Waals surface area (Å²) in [5.74, 6) is 0.858. The Morgan fingerprint density at radius 2 is 1.82 bits per heavy atom. The van der Waals surface area contributed by atoms with E-state index in [4.69, 9.17) is 0 Å². The van der Waals surface area contributed by atoms with Gasteiger partial charge in [0.05, 0.1) is 11.7 Å². The lowest BCUT2D eigenvalue weighted by Crippen LogP contribution is -2.14. The highest BCUT2D eigenvalue weighted by atomic mass is 19.4. The first-order valence-electron chi connectivity index (χ1n) is 5.72. The first-order valence-corrected chi connectivity index (χ1v) is 5.72. The molecule has 0 heterocycles. The molecule has 3 unspecified atom stereocenters. The number of halogens is 3. The van der Waals surface area contributed by atoms with E-state index in [-0.39, 0.29) is 0 Å². The Morgan fingerprint density at radius 1 is 1.29 bits per heavy atom. The lowest BCUT2D eigenvalue weighted by atomic mass is 10.0. The molecule has 0 aliphatic heterocycles. The van der Waals surface area contributed by atoms with Crippen LogP contribution < -0.4 is 0 Å². The molecule has 1 fully saturated rings. The Bertz CT molecular complexity index is 383. The van der Waals surface area contributed by atoms with Gasteiger partial charge in [-0.15, -0.1) is 0 Å². The van der Waals surface area contributed by atoms with Gasteiger partial charge in [-0.25, -0.2) is 0 Å². The number of benzene rings is 1. The van der Waals surface area contributed by atoms with E-state index >= 15 is 0 Å². The highest BCUT2D eigenvalue weighted by Gasteiger charge is 2.38. The summed E-state index contributed by atoms with van der Waals surface area (Å²) >= 11 is 0. The Balaban J connectivity index is 1.98. The minimum atomic E-state index is -4.29. The SMILES string of the molecule is CC1CC1C(O)Cc1ccc(C(F)(F)F)cc1. The van der Waals surface area contributed by atoms with E-state index in [2.05, 4.69) is 6.92 Å². The fraction of sp³-hybridized carbons (Fsp3) is 0.538. The third-order valence-electron chi connectivity index (χ3n) is 3.39. The van der Waals surface area contributed by atoms with E-state index < -0.39 is 17.8 Å². The molecule has 1 aromatic rings. The van der Waals surface area contributed by atoms with Crippen LogP contribution in [0.1, 0.15) is 24.5 Å². The normalized spacial score (nSPS) is 25.7. The number of rotatable bonds is 3. The maximum absolute atomic E-state index is 12.3. The molecule has 0 aromatic heterocycles. The monoisotopic (exact) mass is 244 g/mol. The van der Waals surface area contributed by atoms with E-state index in [1.54, 1.807) is 0 Å². The van der Waals surface area contributed by atoms with Gasteiger partial charge in [0.2, 0.25) is 0 Å². The fourth-order valence-corrected chi connectivity index (χ4v) is 2.11. The quantitative estimate of drug-likeness (QED) is 0.865. The predicted octanol–water partition coefficient (Wildman–Crippen LogP) is 3.26. The van der Waals surface area contributed by atoms with Crippen LogP contribution in [0.3, 0.4) is 0 Å². The zero-order valence-electron chi connectivity index (χ0n) is 9.54. The average Bonchev–Trinajstić information content (AvgIpc) is 2.95. The largest absolute Gasteiger partial charge is 0.416 e. The number of hydrogen-bond donors (Lipinski definition) is 1. The zero-order valence-corrected chi connectivity index (χ0v) is 9.54. The van der Waals surface area contributed by atoms with Gasteiger partial charge in [-0.05, 0) is 42.4 Å². The molecule has 1 aromatic carbocycles. The van der Waals surface area contributed by atoms with Crippen LogP contribution in [0.5, 0.6) is 0 Å². The second-order valence-corrected chi connectivity index (χ2v) is 4.84. The van der Waals surface area contributed by atoms with Gasteiger partial charge in [-0.2, -0.15) is 13.2 Å². The molecule has 0 bridgehead atoms. The molecule has 3 atom stereocenters. The maximum Gasteiger partial charge on any atom is 0.416 e. The smallest absolute Gasteiger partial charge is 0.392 e. The van der Waals surface area contributed by atoms with Crippen molar-refractivity contribution in [3.05, 3.63) is 35.4 Å². The summed E-state index contributed by atoms with van der Waals surface area (Å²) in [6.45, 7) is 2.07. The number of aliphatic hydroxyl groups is 1. The Kier molecular flexibility index (Phi) is 3.17. The van der Waals surface area contributed by atoms with E-state index in [1.807, 2.05) is 0 Å². The highest BCUT2D eigenvalue weighted by Crippen LogP contribution is 2.41. The van der Waals surface area contributed by atoms with Crippen molar-refractivity contribution < 1.29 is 18.3 Å². The van der Waals surface area contributed by atoms with Crippen LogP contribution in [-0.4, -0.2) is 11.2 Å². The second kappa shape index (κ2) is 4.33. The summed E-state index contributed by atoms with van der Waals surface area (Å²) in [4.78, 5) is 0. The van der Waals surface area contributed by atoms with Gasteiger partial charge < -0.3 is 5.11 Å². The molecule has 0 radical (unpaired) electrons. The second-order valence-electron chi connectivity index (χ2n) is 4.84. The number of hydrogen-bond acceptors (Lipinski definition) is 1. The Labute approximate surface area is 98.3 Å². The van der Waals surface area contributed by atoms with Crippen LogP contribution in [0.15, 0.2) is 24.3 Å². The highest BCUT2D eigenvalue weighted by molar-refractivity contribution is 5.25. The van der Waals surface area contributed by atoms with Crippen LogP contribution in [0.4, 0.5) is 13.2 Å². The molecule has 1 aliphatic rings. The molecular formula is C13H15F3O. The van der Waals surface area contributed by atoms with Gasteiger partial charge >= 0.3 is 6.18 Å². The van der Waals surface area contributed by atoms with Crippen molar-refractivity contribution in [2.24, 2.45) is 11.8 Å². The van der Waals surface area contributed by atoms with Gasteiger partial charge in [0.25, 0.3) is 0 Å². The fourth-order valence-electron chi connectivity index (χ4n) is 2.11. The van der Waals surface area contributed by atoms with Crippen LogP contribution in [-0.2, 0) is 12.6 Å². The Hall–Kier alpha value is -1.03. The lowest BCUT2D eigenvalue weighted by Gasteiger charge is -2.11. The van der Waals surface area contributed by atoms with Crippen molar-refractivity contribution in [2.45, 2.75) is 32.0 Å². The van der Waals surface area contributed by atoms with Crippen LogP contribution >= 0.6 is 0 Å². The molecule has 4 heteroatoms. The Morgan fingerprint density at radius 3 is 2.24 bits per heavy atom. The van der Waals surface area contributed by atoms with Gasteiger partial charge in [0.15, 0.2) is 0 Å². The van der Waals surface area contributed by atoms with E-state index in [0.717, 1.165) is 24.1 Å². The molecule has 1 N–H and O–H groups in total. The van der Waals surface area contributed by atoms with Crippen LogP contribution in [0.2, 0.25) is 0 Å². The zero-order chi connectivity index (χ0) is 12.6. The predicted molar refractivity (Wildman–Crippen MR) is 58.4 cm³/mol. The van der Waals surface area contributed by atoms with Gasteiger partial charge in [0, 0.05) is 0 Å². The van der Waals surface area contributed by atoms with Crippen LogP contribution in [0, 0.1) is 11.8 Å². The molecular weight excluding hydrogens is 229 g/mol. The summed E-state index contributed by atoms with van der Waals surface area (Å²) < 4.78 is 37.0. The van der Waals surface area contributed by atoms with Crippen molar-refractivity contribution in [2.75, 3.05) is 0 Å². The summed E-state index contributed by atoms with van der Waals surface area (Å²) in [6.07, 6.45) is -3.27. The average molecular weight is 244 g/mol. The van der Waals surface area contributed by atoms with E-state index in [0.29, 0.717) is 18.3 Å². The lowest BCUT2D eigenvalue weighted by molar-refractivity contribution is -0.137. The first kappa shape index (κ1) is 12.4. The summed E-state index contributed by atoms with van der Waals surface area (Å²) in [6, 6.07) is 5.02. The summed E-state index contributed by atoms with van der Waals surface area (Å²) in [7, 11) is 0. The minimum Gasteiger partial charge on any atom is -0.392 e. The van der Waals surface area contributed by atoms with Crippen molar-refractivity contribution in [1.29, 1.82) is 0 Å². The van der Waals surface area contributed by atoms with Crippen molar-refractivity contribution in [3.8, 4) is 0 Å². The molecule has 0 amide bonds. The number of aliphatic hydroxyl groups excluding tert-OH is 1. The molecule has 1 nitrogen and oxygen atoms in total. The van der Waals surface area contributed by atoms with Crippen molar-refractivity contribution >= 4 is 0 Å². The summed E-state index contributed by atoms with van der Waals surface area (Å²) in [5, 5.41) is 9.82. The number of alkyl halides is 3. The maximum atomic E-state index is 12.3. The van der Waals surface area contributed by atoms with Crippen molar-refractivity contribution in [1.82, 2.24) is 0 Å². The molecule has 0 saturated heterocycles. The van der Waals surface area contributed by atoms with Gasteiger partial charge in [-0.1, -0.05) is 19.1 Å². The third kappa shape index (κ3) is 3.00. The van der Waals surface area contributed by atoms with E-state index in [1.165, 1.54) is 12.1 Å². The first-order chi connectivity index (χ1) is 7.88. The molecule has 0 spiro atoms. The van der Waals surface area contributed by atoms with Gasteiger partial charge in [0.1, 0.15) is 0 Å². The molecule has 1 aliphatic carbocycles. The van der Waals surface area contributed by atoms with Crippen molar-refractivity contribution in [3.63, 3.8) is 0 Å². The molecule has 1 saturated carbocycles. The van der Waals surface area contributed by atoms with E-state index in [9.17, 15) is 18.3 Å².